The van der Waals surface area contributed by atoms with Gasteiger partial charge in [-0.2, -0.15) is 8.78 Å². The van der Waals surface area contributed by atoms with E-state index in [9.17, 15) is 18.4 Å². The Morgan fingerprint density at radius 3 is 2.54 bits per heavy atom. The summed E-state index contributed by atoms with van der Waals surface area (Å²) >= 11 is 11.7. The average molecular weight is 438 g/mol. The Morgan fingerprint density at radius 1 is 1.21 bits per heavy atom. The third-order valence-corrected chi connectivity index (χ3v) is 4.29. The van der Waals surface area contributed by atoms with Crippen LogP contribution in [0, 0.1) is 0 Å². The Kier molecular flexibility index (Phi) is 8.03. The highest BCUT2D eigenvalue weighted by molar-refractivity contribution is 6.35. The fourth-order valence-electron chi connectivity index (χ4n) is 2.39. The van der Waals surface area contributed by atoms with Gasteiger partial charge in [0.15, 0.2) is 6.61 Å². The number of halogens is 4. The standard InChI is InChI=1S/C18H19Cl2F2NO5/c1-12(9-18(21,22)17(25)23-4-6-26-7-5-23)10-28-16(24)11-27-15-3-2-13(19)8-14(15)20/h2-3,8H,1,4-7,9-11H2. The minimum absolute atomic E-state index is 0.0931. The van der Waals surface area contributed by atoms with E-state index in [4.69, 9.17) is 37.4 Å². The molecule has 2 rings (SSSR count). The van der Waals surface area contributed by atoms with Gasteiger partial charge in [-0.15, -0.1) is 0 Å². The van der Waals surface area contributed by atoms with Crippen LogP contribution < -0.4 is 4.74 Å². The highest BCUT2D eigenvalue weighted by atomic mass is 35.5. The van der Waals surface area contributed by atoms with Crippen molar-refractivity contribution in [1.29, 1.82) is 0 Å². The lowest BCUT2D eigenvalue weighted by molar-refractivity contribution is -0.161. The van der Waals surface area contributed by atoms with Crippen molar-refractivity contribution >= 4 is 35.1 Å². The Hall–Kier alpha value is -1.90. The molecule has 0 atom stereocenters. The number of hydrogen-bond acceptors (Lipinski definition) is 5. The molecule has 1 aromatic rings. The number of hydrogen-bond donors (Lipinski definition) is 0. The summed E-state index contributed by atoms with van der Waals surface area (Å²) in [5.74, 6) is -5.49. The van der Waals surface area contributed by atoms with E-state index in [2.05, 4.69) is 6.58 Å². The van der Waals surface area contributed by atoms with Crippen molar-refractivity contribution < 1.29 is 32.6 Å². The number of morpholine rings is 1. The summed E-state index contributed by atoms with van der Waals surface area (Å²) in [6, 6.07) is 4.46. The van der Waals surface area contributed by atoms with Crippen LogP contribution in [0.5, 0.6) is 5.75 Å². The molecule has 1 amide bonds. The van der Waals surface area contributed by atoms with E-state index in [0.29, 0.717) is 5.02 Å². The molecule has 1 aromatic carbocycles. The smallest absolute Gasteiger partial charge is 0.344 e. The first-order valence-corrected chi connectivity index (χ1v) is 9.09. The molecule has 0 aliphatic carbocycles. The lowest BCUT2D eigenvalue weighted by Gasteiger charge is -2.30. The van der Waals surface area contributed by atoms with Crippen molar-refractivity contribution in [2.75, 3.05) is 39.5 Å². The van der Waals surface area contributed by atoms with Crippen molar-refractivity contribution in [3.63, 3.8) is 0 Å². The van der Waals surface area contributed by atoms with Crippen molar-refractivity contribution in [1.82, 2.24) is 4.90 Å². The zero-order valence-corrected chi connectivity index (χ0v) is 16.4. The van der Waals surface area contributed by atoms with Gasteiger partial charge in [0.2, 0.25) is 0 Å². The molecule has 0 saturated carbocycles. The molecule has 0 spiro atoms. The molecular weight excluding hydrogens is 419 g/mol. The third-order valence-electron chi connectivity index (χ3n) is 3.76. The summed E-state index contributed by atoms with van der Waals surface area (Å²) in [5, 5.41) is 0.620. The van der Waals surface area contributed by atoms with E-state index in [1.54, 1.807) is 0 Å². The molecule has 0 bridgehead atoms. The monoisotopic (exact) mass is 437 g/mol. The van der Waals surface area contributed by atoms with Gasteiger partial charge in [-0.05, 0) is 23.8 Å². The summed E-state index contributed by atoms with van der Waals surface area (Å²) in [4.78, 5) is 24.7. The Bertz CT molecular complexity index is 739. The molecule has 1 aliphatic rings. The molecule has 0 unspecified atom stereocenters. The molecule has 1 heterocycles. The van der Waals surface area contributed by atoms with Gasteiger partial charge in [-0.3, -0.25) is 4.79 Å². The summed E-state index contributed by atoms with van der Waals surface area (Å²) in [7, 11) is 0. The normalized spacial score (nSPS) is 14.5. The highest BCUT2D eigenvalue weighted by Gasteiger charge is 2.42. The molecule has 0 N–H and O–H groups in total. The minimum atomic E-state index is -3.63. The maximum Gasteiger partial charge on any atom is 0.344 e. The molecule has 0 aromatic heterocycles. The van der Waals surface area contributed by atoms with Gasteiger partial charge >= 0.3 is 11.9 Å². The van der Waals surface area contributed by atoms with Crippen molar-refractivity contribution in [3.8, 4) is 5.75 Å². The number of carbonyl (C=O) groups excluding carboxylic acids is 2. The predicted octanol–water partition coefficient (Wildman–Crippen LogP) is 3.36. The van der Waals surface area contributed by atoms with Crippen molar-refractivity contribution in [3.05, 3.63) is 40.4 Å². The van der Waals surface area contributed by atoms with Crippen molar-refractivity contribution in [2.24, 2.45) is 0 Å². The first-order valence-electron chi connectivity index (χ1n) is 8.34. The Balaban J connectivity index is 1.76. The van der Waals surface area contributed by atoms with E-state index in [0.717, 1.165) is 4.90 Å². The lowest BCUT2D eigenvalue weighted by Crippen LogP contribution is -2.48. The fourth-order valence-corrected chi connectivity index (χ4v) is 2.85. The topological polar surface area (TPSA) is 65.1 Å². The SMILES string of the molecule is C=C(COC(=O)COc1ccc(Cl)cc1Cl)CC(F)(F)C(=O)N1CCOCC1. The summed E-state index contributed by atoms with van der Waals surface area (Å²) in [6.45, 7) is 3.19. The zero-order chi connectivity index (χ0) is 20.7. The number of ether oxygens (including phenoxy) is 3. The van der Waals surface area contributed by atoms with Gasteiger partial charge < -0.3 is 19.1 Å². The number of rotatable bonds is 8. The molecule has 1 aliphatic heterocycles. The second kappa shape index (κ2) is 10.0. The van der Waals surface area contributed by atoms with Crippen LogP contribution in [-0.4, -0.2) is 62.2 Å². The second-order valence-corrected chi connectivity index (χ2v) is 6.90. The Labute approximate surface area is 170 Å². The third kappa shape index (κ3) is 6.61. The second-order valence-electron chi connectivity index (χ2n) is 6.06. The van der Waals surface area contributed by atoms with Crippen LogP contribution in [0.4, 0.5) is 8.78 Å². The lowest BCUT2D eigenvalue weighted by atomic mass is 10.1. The van der Waals surface area contributed by atoms with Crippen LogP contribution in [0.15, 0.2) is 30.4 Å². The van der Waals surface area contributed by atoms with Crippen LogP contribution in [0.2, 0.25) is 10.0 Å². The van der Waals surface area contributed by atoms with Crippen LogP contribution in [0.1, 0.15) is 6.42 Å². The molecule has 1 saturated heterocycles. The van der Waals surface area contributed by atoms with Gasteiger partial charge in [0.05, 0.1) is 18.2 Å². The predicted molar refractivity (Wildman–Crippen MR) is 99.0 cm³/mol. The maximum absolute atomic E-state index is 14.1. The van der Waals surface area contributed by atoms with Crippen molar-refractivity contribution in [2.45, 2.75) is 12.3 Å². The summed E-state index contributed by atoms with van der Waals surface area (Å²) < 4.78 is 43.4. The quantitative estimate of drug-likeness (QED) is 0.460. The first-order chi connectivity index (χ1) is 13.2. The zero-order valence-electron chi connectivity index (χ0n) is 14.9. The van der Waals surface area contributed by atoms with Crippen LogP contribution in [0.3, 0.4) is 0 Å². The molecular formula is C18H19Cl2F2NO5. The summed E-state index contributed by atoms with van der Waals surface area (Å²) in [6.07, 6.45) is -0.916. The Morgan fingerprint density at radius 2 is 1.89 bits per heavy atom. The van der Waals surface area contributed by atoms with E-state index < -0.39 is 37.4 Å². The molecule has 0 radical (unpaired) electrons. The number of benzene rings is 1. The summed E-state index contributed by atoms with van der Waals surface area (Å²) in [5.41, 5.74) is -0.0931. The van der Waals surface area contributed by atoms with E-state index in [1.807, 2.05) is 0 Å². The van der Waals surface area contributed by atoms with Crippen LogP contribution in [0.25, 0.3) is 0 Å². The van der Waals surface area contributed by atoms with E-state index in [-0.39, 0.29) is 42.6 Å². The molecule has 10 heteroatoms. The number of carbonyl (C=O) groups is 2. The number of alkyl halides is 2. The molecule has 6 nitrogen and oxygen atoms in total. The largest absolute Gasteiger partial charge is 0.480 e. The van der Waals surface area contributed by atoms with Gasteiger partial charge in [0.25, 0.3) is 5.91 Å². The molecule has 1 fully saturated rings. The molecule has 154 valence electrons. The number of amides is 1. The van der Waals surface area contributed by atoms with Crippen LogP contribution >= 0.6 is 23.2 Å². The van der Waals surface area contributed by atoms with Crippen LogP contribution in [-0.2, 0) is 19.1 Å². The maximum atomic E-state index is 14.1. The van der Waals surface area contributed by atoms with Gasteiger partial charge in [0, 0.05) is 24.5 Å². The van der Waals surface area contributed by atoms with Gasteiger partial charge in [0.1, 0.15) is 12.4 Å². The van der Waals surface area contributed by atoms with E-state index in [1.165, 1.54) is 18.2 Å². The fraction of sp³-hybridized carbons (Fsp3) is 0.444. The van der Waals surface area contributed by atoms with Gasteiger partial charge in [-0.1, -0.05) is 29.8 Å². The highest BCUT2D eigenvalue weighted by Crippen LogP contribution is 2.28. The first kappa shape index (κ1) is 22.4. The van der Waals surface area contributed by atoms with E-state index >= 15 is 0 Å². The minimum Gasteiger partial charge on any atom is -0.480 e. The average Bonchev–Trinajstić information content (AvgIpc) is 2.65. The molecule has 28 heavy (non-hydrogen) atoms. The number of nitrogens with zero attached hydrogens (tertiary/aromatic N) is 1. The number of esters is 1. The van der Waals surface area contributed by atoms with Gasteiger partial charge in [-0.25, -0.2) is 4.79 Å².